The molecule has 1 amide bonds. The van der Waals surface area contributed by atoms with E-state index in [4.69, 9.17) is 4.74 Å². The van der Waals surface area contributed by atoms with Crippen molar-refractivity contribution in [3.8, 4) is 17.0 Å². The number of ether oxygens (including phenoxy) is 1. The standard InChI is InChI=1S/C22H19N3O3S/c1-12-18(16-6-4-5-7-17(16)23-12)20(26)21(27)25-22-24-19(13(2)29-22)14-8-10-15(28-3)11-9-14/h4-11,23H,1-3H3,(H,24,25,27). The van der Waals surface area contributed by atoms with Crippen LogP contribution in [-0.2, 0) is 4.79 Å². The van der Waals surface area contributed by atoms with Gasteiger partial charge in [-0.3, -0.25) is 14.9 Å². The number of thiazole rings is 1. The number of H-pyrrole nitrogens is 1. The first-order valence-corrected chi connectivity index (χ1v) is 9.84. The molecule has 0 atom stereocenters. The van der Waals surface area contributed by atoms with Crippen LogP contribution in [0.2, 0.25) is 0 Å². The molecule has 0 unspecified atom stereocenters. The number of methoxy groups -OCH3 is 1. The summed E-state index contributed by atoms with van der Waals surface area (Å²) in [5, 5.41) is 3.78. The highest BCUT2D eigenvalue weighted by molar-refractivity contribution is 7.16. The molecule has 0 bridgehead atoms. The van der Waals surface area contributed by atoms with Gasteiger partial charge in [0.25, 0.3) is 11.7 Å². The number of hydrogen-bond donors (Lipinski definition) is 2. The zero-order valence-electron chi connectivity index (χ0n) is 16.2. The van der Waals surface area contributed by atoms with Crippen molar-refractivity contribution < 1.29 is 14.3 Å². The summed E-state index contributed by atoms with van der Waals surface area (Å²) in [4.78, 5) is 34.0. The van der Waals surface area contributed by atoms with E-state index in [1.807, 2.05) is 55.5 Å². The number of ketones is 1. The quantitative estimate of drug-likeness (QED) is 0.371. The lowest BCUT2D eigenvalue weighted by molar-refractivity contribution is -0.112. The minimum atomic E-state index is -0.701. The molecule has 4 rings (SSSR count). The highest BCUT2D eigenvalue weighted by atomic mass is 32.1. The number of benzene rings is 2. The second-order valence-corrected chi connectivity index (χ2v) is 7.81. The smallest absolute Gasteiger partial charge is 0.298 e. The molecule has 7 heteroatoms. The van der Waals surface area contributed by atoms with Crippen molar-refractivity contribution in [3.05, 3.63) is 64.7 Å². The van der Waals surface area contributed by atoms with Gasteiger partial charge in [0.15, 0.2) is 5.13 Å². The Labute approximate surface area is 171 Å². The van der Waals surface area contributed by atoms with Crippen LogP contribution in [-0.4, -0.2) is 28.8 Å². The van der Waals surface area contributed by atoms with Gasteiger partial charge in [-0.1, -0.05) is 18.2 Å². The lowest BCUT2D eigenvalue weighted by Crippen LogP contribution is -2.23. The third kappa shape index (κ3) is 3.52. The van der Waals surface area contributed by atoms with Gasteiger partial charge in [-0.2, -0.15) is 0 Å². The van der Waals surface area contributed by atoms with E-state index < -0.39 is 11.7 Å². The Morgan fingerprint density at radius 3 is 2.52 bits per heavy atom. The molecule has 0 saturated heterocycles. The maximum Gasteiger partial charge on any atom is 0.298 e. The molecule has 0 saturated carbocycles. The Kier molecular flexibility index (Phi) is 4.90. The molecule has 2 heterocycles. The summed E-state index contributed by atoms with van der Waals surface area (Å²) in [5.74, 6) is -0.526. The van der Waals surface area contributed by atoms with Crippen LogP contribution in [0.3, 0.4) is 0 Å². The molecule has 6 nitrogen and oxygen atoms in total. The number of aromatic amines is 1. The van der Waals surface area contributed by atoms with E-state index in [1.54, 1.807) is 14.0 Å². The zero-order chi connectivity index (χ0) is 20.5. The van der Waals surface area contributed by atoms with Gasteiger partial charge in [0.1, 0.15) is 5.75 Å². The number of nitrogens with zero attached hydrogens (tertiary/aromatic N) is 1. The number of fused-ring (bicyclic) bond motifs is 1. The SMILES string of the molecule is COc1ccc(-c2nc(NC(=O)C(=O)c3c(C)[nH]c4ccccc34)sc2C)cc1. The van der Waals surface area contributed by atoms with Crippen LogP contribution in [0.4, 0.5) is 5.13 Å². The molecule has 0 spiro atoms. The highest BCUT2D eigenvalue weighted by Gasteiger charge is 2.24. The van der Waals surface area contributed by atoms with Gasteiger partial charge >= 0.3 is 0 Å². The number of rotatable bonds is 5. The van der Waals surface area contributed by atoms with Crippen molar-refractivity contribution in [2.24, 2.45) is 0 Å². The molecule has 0 radical (unpaired) electrons. The normalized spacial score (nSPS) is 10.9. The minimum Gasteiger partial charge on any atom is -0.497 e. The van der Waals surface area contributed by atoms with Gasteiger partial charge in [-0.15, -0.1) is 11.3 Å². The van der Waals surface area contributed by atoms with Gasteiger partial charge < -0.3 is 9.72 Å². The number of carbonyl (C=O) groups excluding carboxylic acids is 2. The second-order valence-electron chi connectivity index (χ2n) is 6.61. The molecule has 0 aliphatic heterocycles. The summed E-state index contributed by atoms with van der Waals surface area (Å²) >= 11 is 1.34. The van der Waals surface area contributed by atoms with Crippen molar-refractivity contribution >= 4 is 39.1 Å². The van der Waals surface area contributed by atoms with Crippen LogP contribution in [0.25, 0.3) is 22.2 Å². The van der Waals surface area contributed by atoms with Crippen molar-refractivity contribution in [2.75, 3.05) is 12.4 Å². The molecule has 2 aromatic heterocycles. The Balaban J connectivity index is 1.58. The minimum absolute atomic E-state index is 0.391. The number of hydrogen-bond acceptors (Lipinski definition) is 5. The van der Waals surface area contributed by atoms with Crippen LogP contribution < -0.4 is 10.1 Å². The number of amides is 1. The predicted molar refractivity (Wildman–Crippen MR) is 115 cm³/mol. The number of aromatic nitrogens is 2. The monoisotopic (exact) mass is 405 g/mol. The Morgan fingerprint density at radius 1 is 1.07 bits per heavy atom. The lowest BCUT2D eigenvalue weighted by Gasteiger charge is -2.02. The fourth-order valence-corrected chi connectivity index (χ4v) is 4.13. The van der Waals surface area contributed by atoms with Gasteiger partial charge in [-0.05, 0) is 44.2 Å². The molecular weight excluding hydrogens is 386 g/mol. The number of nitrogens with one attached hydrogen (secondary N) is 2. The molecule has 0 fully saturated rings. The van der Waals surface area contributed by atoms with E-state index >= 15 is 0 Å². The summed E-state index contributed by atoms with van der Waals surface area (Å²) in [6.45, 7) is 3.72. The summed E-state index contributed by atoms with van der Waals surface area (Å²) in [7, 11) is 1.61. The first-order valence-electron chi connectivity index (χ1n) is 9.02. The fourth-order valence-electron chi connectivity index (χ4n) is 3.30. The van der Waals surface area contributed by atoms with E-state index in [1.165, 1.54) is 11.3 Å². The topological polar surface area (TPSA) is 84.1 Å². The molecule has 0 aliphatic rings. The summed E-state index contributed by atoms with van der Waals surface area (Å²) in [6, 6.07) is 15.0. The molecule has 4 aromatic rings. The Bertz CT molecular complexity index is 1220. The first kappa shape index (κ1) is 18.9. The van der Waals surface area contributed by atoms with Crippen LogP contribution in [0, 0.1) is 13.8 Å². The predicted octanol–water partition coefficient (Wildman–Crippen LogP) is 4.74. The van der Waals surface area contributed by atoms with E-state index in [0.29, 0.717) is 16.4 Å². The Morgan fingerprint density at radius 2 is 1.79 bits per heavy atom. The van der Waals surface area contributed by atoms with Gasteiger partial charge in [0.2, 0.25) is 0 Å². The third-order valence-corrected chi connectivity index (χ3v) is 5.59. The summed E-state index contributed by atoms with van der Waals surface area (Å²) < 4.78 is 5.18. The zero-order valence-corrected chi connectivity index (χ0v) is 17.0. The summed E-state index contributed by atoms with van der Waals surface area (Å²) in [5.41, 5.74) is 3.57. The maximum atomic E-state index is 12.8. The molecule has 146 valence electrons. The fraction of sp³-hybridized carbons (Fsp3) is 0.136. The van der Waals surface area contributed by atoms with Crippen molar-refractivity contribution in [1.82, 2.24) is 9.97 Å². The number of para-hydroxylation sites is 1. The lowest BCUT2D eigenvalue weighted by atomic mass is 10.1. The van der Waals surface area contributed by atoms with Crippen LogP contribution >= 0.6 is 11.3 Å². The van der Waals surface area contributed by atoms with Gasteiger partial charge in [0.05, 0.1) is 18.4 Å². The molecule has 2 N–H and O–H groups in total. The number of anilines is 1. The Hall–Kier alpha value is -3.45. The van der Waals surface area contributed by atoms with Crippen molar-refractivity contribution in [3.63, 3.8) is 0 Å². The van der Waals surface area contributed by atoms with E-state index in [2.05, 4.69) is 15.3 Å². The second kappa shape index (κ2) is 7.52. The van der Waals surface area contributed by atoms with Gasteiger partial charge in [-0.25, -0.2) is 4.98 Å². The first-order chi connectivity index (χ1) is 14.0. The maximum absolute atomic E-state index is 12.8. The van der Waals surface area contributed by atoms with E-state index in [-0.39, 0.29) is 0 Å². The van der Waals surface area contributed by atoms with Crippen LogP contribution in [0.1, 0.15) is 20.9 Å². The summed E-state index contributed by atoms with van der Waals surface area (Å²) in [6.07, 6.45) is 0. The molecule has 0 aliphatic carbocycles. The molecule has 2 aromatic carbocycles. The van der Waals surface area contributed by atoms with Crippen LogP contribution in [0.5, 0.6) is 5.75 Å². The van der Waals surface area contributed by atoms with Gasteiger partial charge in [0, 0.05) is 27.0 Å². The largest absolute Gasteiger partial charge is 0.497 e. The van der Waals surface area contributed by atoms with E-state index in [0.717, 1.165) is 32.8 Å². The average Bonchev–Trinajstić information content (AvgIpc) is 3.25. The van der Waals surface area contributed by atoms with E-state index in [9.17, 15) is 9.59 Å². The van der Waals surface area contributed by atoms with Crippen molar-refractivity contribution in [1.29, 1.82) is 0 Å². The molecule has 29 heavy (non-hydrogen) atoms. The highest BCUT2D eigenvalue weighted by Crippen LogP contribution is 2.31. The number of aryl methyl sites for hydroxylation is 2. The van der Waals surface area contributed by atoms with Crippen molar-refractivity contribution in [2.45, 2.75) is 13.8 Å². The third-order valence-electron chi connectivity index (χ3n) is 4.71. The number of carbonyl (C=O) groups is 2. The number of Topliss-reactive ketones (excluding diaryl/α,β-unsaturated/α-hetero) is 1. The molecular formula is C22H19N3O3S. The van der Waals surface area contributed by atoms with Crippen LogP contribution in [0.15, 0.2) is 48.5 Å². The average molecular weight is 405 g/mol.